The average Bonchev–Trinajstić information content (AvgIpc) is 3.15. The van der Waals surface area contributed by atoms with Crippen LogP contribution in [0.25, 0.3) is 0 Å². The zero-order valence-electron chi connectivity index (χ0n) is 14.5. The van der Waals surface area contributed by atoms with Gasteiger partial charge in [0.15, 0.2) is 0 Å². The molecule has 0 aliphatic heterocycles. The molecule has 0 fully saturated rings. The molecule has 0 bridgehead atoms. The highest BCUT2D eigenvalue weighted by atomic mass is 16.3. The molecule has 1 N–H and O–H groups in total. The van der Waals surface area contributed by atoms with Crippen LogP contribution in [0.4, 0.5) is 5.69 Å². The lowest BCUT2D eigenvalue weighted by Crippen LogP contribution is -2.30. The molecule has 0 atom stereocenters. The summed E-state index contributed by atoms with van der Waals surface area (Å²) < 4.78 is 5.41. The summed E-state index contributed by atoms with van der Waals surface area (Å²) >= 11 is 0. The number of anilines is 1. The van der Waals surface area contributed by atoms with Crippen LogP contribution in [0.5, 0.6) is 0 Å². The van der Waals surface area contributed by atoms with E-state index in [9.17, 15) is 9.59 Å². The van der Waals surface area contributed by atoms with E-state index in [1.807, 2.05) is 42.5 Å². The largest absolute Gasteiger partial charge is 0.467 e. The lowest BCUT2D eigenvalue weighted by molar-refractivity contribution is -0.114. The van der Waals surface area contributed by atoms with Gasteiger partial charge in [-0.15, -0.1) is 0 Å². The molecule has 2 aromatic carbocycles. The van der Waals surface area contributed by atoms with Gasteiger partial charge in [0.25, 0.3) is 5.91 Å². The second-order valence-corrected chi connectivity index (χ2v) is 5.98. The molecule has 1 heterocycles. The third kappa shape index (κ3) is 4.60. The van der Waals surface area contributed by atoms with Crippen molar-refractivity contribution in [3.8, 4) is 0 Å². The van der Waals surface area contributed by atoms with Crippen LogP contribution in [0.15, 0.2) is 77.4 Å². The summed E-state index contributed by atoms with van der Waals surface area (Å²) in [6, 6.07) is 20.4. The minimum Gasteiger partial charge on any atom is -0.467 e. The van der Waals surface area contributed by atoms with Gasteiger partial charge in [0, 0.05) is 24.7 Å². The highest BCUT2D eigenvalue weighted by Gasteiger charge is 2.18. The van der Waals surface area contributed by atoms with Crippen molar-refractivity contribution in [1.29, 1.82) is 0 Å². The molecule has 0 saturated carbocycles. The molecule has 5 nitrogen and oxygen atoms in total. The van der Waals surface area contributed by atoms with E-state index < -0.39 is 0 Å². The Bertz CT molecular complexity index is 856. The number of hydrogen-bond donors (Lipinski definition) is 1. The normalized spacial score (nSPS) is 10.3. The minimum atomic E-state index is -0.146. The lowest BCUT2D eigenvalue weighted by atomic mass is 10.1. The van der Waals surface area contributed by atoms with Gasteiger partial charge in [0.1, 0.15) is 5.76 Å². The number of amides is 2. The molecular formula is C21H20N2O3. The van der Waals surface area contributed by atoms with Crippen LogP contribution in [-0.2, 0) is 17.9 Å². The van der Waals surface area contributed by atoms with Crippen LogP contribution in [-0.4, -0.2) is 16.7 Å². The van der Waals surface area contributed by atoms with Crippen molar-refractivity contribution in [2.75, 3.05) is 5.32 Å². The van der Waals surface area contributed by atoms with E-state index in [-0.39, 0.29) is 11.8 Å². The Morgan fingerprint density at radius 3 is 2.27 bits per heavy atom. The quantitative estimate of drug-likeness (QED) is 0.730. The summed E-state index contributed by atoms with van der Waals surface area (Å²) in [6.45, 7) is 2.31. The van der Waals surface area contributed by atoms with Crippen molar-refractivity contribution >= 4 is 17.5 Å². The van der Waals surface area contributed by atoms with Gasteiger partial charge in [-0.2, -0.15) is 0 Å². The molecule has 3 rings (SSSR count). The summed E-state index contributed by atoms with van der Waals surface area (Å²) in [6.07, 6.45) is 1.60. The summed E-state index contributed by atoms with van der Waals surface area (Å²) in [5.41, 5.74) is 2.26. The summed E-state index contributed by atoms with van der Waals surface area (Å²) in [7, 11) is 0. The van der Waals surface area contributed by atoms with E-state index in [4.69, 9.17) is 4.42 Å². The minimum absolute atomic E-state index is 0.0976. The van der Waals surface area contributed by atoms with Crippen LogP contribution in [0.1, 0.15) is 28.6 Å². The smallest absolute Gasteiger partial charge is 0.254 e. The van der Waals surface area contributed by atoms with Gasteiger partial charge in [-0.05, 0) is 42.0 Å². The average molecular weight is 348 g/mol. The highest BCUT2D eigenvalue weighted by molar-refractivity contribution is 5.95. The lowest BCUT2D eigenvalue weighted by Gasteiger charge is -2.22. The van der Waals surface area contributed by atoms with Gasteiger partial charge in [0.2, 0.25) is 5.91 Å². The number of benzene rings is 2. The maximum atomic E-state index is 13.0. The molecule has 0 radical (unpaired) electrons. The highest BCUT2D eigenvalue weighted by Crippen LogP contribution is 2.16. The molecule has 0 aliphatic rings. The van der Waals surface area contributed by atoms with Crippen molar-refractivity contribution in [2.45, 2.75) is 20.0 Å². The molecule has 0 spiro atoms. The second kappa shape index (κ2) is 8.16. The number of furan rings is 1. The number of carbonyl (C=O) groups is 2. The number of rotatable bonds is 6. The first-order valence-corrected chi connectivity index (χ1v) is 8.35. The van der Waals surface area contributed by atoms with Gasteiger partial charge in [-0.3, -0.25) is 9.59 Å². The number of nitrogens with one attached hydrogen (secondary N) is 1. The van der Waals surface area contributed by atoms with E-state index >= 15 is 0 Å². The Labute approximate surface area is 152 Å². The molecule has 2 amide bonds. The second-order valence-electron chi connectivity index (χ2n) is 5.98. The van der Waals surface area contributed by atoms with Crippen molar-refractivity contribution in [1.82, 2.24) is 4.90 Å². The molecule has 0 saturated heterocycles. The van der Waals surface area contributed by atoms with E-state index in [0.717, 1.165) is 11.3 Å². The zero-order valence-corrected chi connectivity index (χ0v) is 14.5. The van der Waals surface area contributed by atoms with E-state index in [0.29, 0.717) is 24.3 Å². The Balaban J connectivity index is 1.80. The number of hydrogen-bond acceptors (Lipinski definition) is 3. The number of carbonyl (C=O) groups excluding carboxylic acids is 2. The number of nitrogens with zero attached hydrogens (tertiary/aromatic N) is 1. The Kier molecular flexibility index (Phi) is 5.49. The van der Waals surface area contributed by atoms with Crippen LogP contribution < -0.4 is 5.32 Å². The van der Waals surface area contributed by atoms with Crippen LogP contribution in [0.3, 0.4) is 0 Å². The first-order chi connectivity index (χ1) is 12.6. The summed E-state index contributed by atoms with van der Waals surface area (Å²) in [5.74, 6) is 0.483. The fourth-order valence-electron chi connectivity index (χ4n) is 2.68. The monoisotopic (exact) mass is 348 g/mol. The maximum absolute atomic E-state index is 13.0. The van der Waals surface area contributed by atoms with E-state index in [2.05, 4.69) is 5.32 Å². The van der Waals surface area contributed by atoms with Crippen molar-refractivity contribution in [2.24, 2.45) is 0 Å². The van der Waals surface area contributed by atoms with Gasteiger partial charge >= 0.3 is 0 Å². The van der Waals surface area contributed by atoms with Crippen LogP contribution in [0, 0.1) is 0 Å². The molecule has 0 aliphatic carbocycles. The zero-order chi connectivity index (χ0) is 18.4. The molecule has 132 valence electrons. The van der Waals surface area contributed by atoms with Crippen molar-refractivity contribution < 1.29 is 14.0 Å². The van der Waals surface area contributed by atoms with E-state index in [1.165, 1.54) is 6.92 Å². The van der Waals surface area contributed by atoms with Gasteiger partial charge in [-0.25, -0.2) is 0 Å². The fraction of sp³-hybridized carbons (Fsp3) is 0.143. The molecule has 0 unspecified atom stereocenters. The molecule has 1 aromatic heterocycles. The van der Waals surface area contributed by atoms with E-state index in [1.54, 1.807) is 35.4 Å². The SMILES string of the molecule is CC(=O)Nc1ccc(C(=O)N(Cc2ccccc2)Cc2ccco2)cc1. The van der Waals surface area contributed by atoms with Gasteiger partial charge in [0.05, 0.1) is 12.8 Å². The molecule has 26 heavy (non-hydrogen) atoms. The molecular weight excluding hydrogens is 328 g/mol. The third-order valence-corrected chi connectivity index (χ3v) is 3.88. The fourth-order valence-corrected chi connectivity index (χ4v) is 2.68. The van der Waals surface area contributed by atoms with Crippen LogP contribution >= 0.6 is 0 Å². The molecule has 5 heteroatoms. The summed E-state index contributed by atoms with van der Waals surface area (Å²) in [5, 5.41) is 2.70. The predicted molar refractivity (Wildman–Crippen MR) is 99.5 cm³/mol. The topological polar surface area (TPSA) is 62.6 Å². The standard InChI is InChI=1S/C21H20N2O3/c1-16(24)22-19-11-9-18(10-12-19)21(25)23(15-20-8-5-13-26-20)14-17-6-3-2-4-7-17/h2-13H,14-15H2,1H3,(H,22,24). The Morgan fingerprint density at radius 1 is 0.923 bits per heavy atom. The van der Waals surface area contributed by atoms with Crippen molar-refractivity contribution in [3.63, 3.8) is 0 Å². The predicted octanol–water partition coefficient (Wildman–Crippen LogP) is 4.08. The van der Waals surface area contributed by atoms with Crippen molar-refractivity contribution in [3.05, 3.63) is 89.9 Å². The maximum Gasteiger partial charge on any atom is 0.254 e. The third-order valence-electron chi connectivity index (χ3n) is 3.88. The van der Waals surface area contributed by atoms with Gasteiger partial charge < -0.3 is 14.6 Å². The summed E-state index contributed by atoms with van der Waals surface area (Å²) in [4.78, 5) is 25.9. The van der Waals surface area contributed by atoms with Gasteiger partial charge in [-0.1, -0.05) is 30.3 Å². The first-order valence-electron chi connectivity index (χ1n) is 8.35. The first kappa shape index (κ1) is 17.5. The Morgan fingerprint density at radius 2 is 1.65 bits per heavy atom. The Hall–Kier alpha value is -3.34. The molecule has 3 aromatic rings. The van der Waals surface area contributed by atoms with Crippen LogP contribution in [0.2, 0.25) is 0 Å².